The van der Waals surface area contributed by atoms with E-state index in [1.165, 1.54) is 32.1 Å². The van der Waals surface area contributed by atoms with Gasteiger partial charge < -0.3 is 4.90 Å². The van der Waals surface area contributed by atoms with E-state index < -0.39 is 0 Å². The number of carbonyl (C=O) groups excluding carboxylic acids is 1. The second-order valence-electron chi connectivity index (χ2n) is 4.86. The molecule has 3 nitrogen and oxygen atoms in total. The van der Waals surface area contributed by atoms with Gasteiger partial charge in [0.1, 0.15) is 0 Å². The number of nitrogens with one attached hydrogen (secondary N) is 1. The summed E-state index contributed by atoms with van der Waals surface area (Å²) >= 11 is 0. The molecule has 0 spiro atoms. The average molecular weight is 210 g/mol. The molecule has 0 bridgehead atoms. The summed E-state index contributed by atoms with van der Waals surface area (Å²) in [5.41, 5.74) is 0. The minimum atomic E-state index is 0.0913. The maximum Gasteiger partial charge on any atom is 0.240 e. The van der Waals surface area contributed by atoms with Gasteiger partial charge in [0.25, 0.3) is 0 Å². The van der Waals surface area contributed by atoms with E-state index in [-0.39, 0.29) is 6.04 Å². The number of nitrogens with zero attached hydrogens (tertiary/aromatic N) is 1. The minimum absolute atomic E-state index is 0.0913. The zero-order valence-corrected chi connectivity index (χ0v) is 9.67. The fourth-order valence-electron chi connectivity index (χ4n) is 2.75. The molecule has 2 fully saturated rings. The lowest BCUT2D eigenvalue weighted by Gasteiger charge is -2.17. The molecular weight excluding hydrogens is 188 g/mol. The predicted molar refractivity (Wildman–Crippen MR) is 60.4 cm³/mol. The van der Waals surface area contributed by atoms with Crippen LogP contribution in [0.2, 0.25) is 0 Å². The van der Waals surface area contributed by atoms with E-state index >= 15 is 0 Å². The normalized spacial score (nSPS) is 27.9. The molecule has 2 rings (SSSR count). The van der Waals surface area contributed by atoms with Crippen LogP contribution in [0.15, 0.2) is 0 Å². The fraction of sp³-hybridized carbons (Fsp3) is 0.917. The lowest BCUT2D eigenvalue weighted by Crippen LogP contribution is -2.31. The second-order valence-corrected chi connectivity index (χ2v) is 4.86. The Balaban J connectivity index is 1.73. The first-order valence-electron chi connectivity index (χ1n) is 6.33. The molecule has 0 radical (unpaired) electrons. The van der Waals surface area contributed by atoms with Gasteiger partial charge in [-0.1, -0.05) is 32.6 Å². The Labute approximate surface area is 92.2 Å². The molecule has 1 atom stereocenters. The molecule has 0 aromatic carbocycles. The fourth-order valence-corrected chi connectivity index (χ4v) is 2.75. The van der Waals surface area contributed by atoms with Crippen LogP contribution < -0.4 is 5.32 Å². The molecule has 86 valence electrons. The van der Waals surface area contributed by atoms with Gasteiger partial charge in [-0.05, 0) is 18.8 Å². The Morgan fingerprint density at radius 1 is 1.40 bits per heavy atom. The molecule has 2 aliphatic rings. The zero-order valence-electron chi connectivity index (χ0n) is 9.67. The summed E-state index contributed by atoms with van der Waals surface area (Å²) < 4.78 is 0. The van der Waals surface area contributed by atoms with Gasteiger partial charge in [0.05, 0.1) is 12.7 Å². The van der Waals surface area contributed by atoms with Crippen molar-refractivity contribution in [2.45, 2.75) is 51.5 Å². The lowest BCUT2D eigenvalue weighted by atomic mass is 10.0. The first-order chi connectivity index (χ1) is 7.31. The summed E-state index contributed by atoms with van der Waals surface area (Å²) in [7, 11) is 0. The maximum absolute atomic E-state index is 11.8. The molecule has 1 aliphatic carbocycles. The van der Waals surface area contributed by atoms with Gasteiger partial charge in [-0.2, -0.15) is 0 Å². The minimum Gasteiger partial charge on any atom is -0.329 e. The van der Waals surface area contributed by atoms with Crippen LogP contribution in [0.25, 0.3) is 0 Å². The first-order valence-corrected chi connectivity index (χ1v) is 6.33. The predicted octanol–water partition coefficient (Wildman–Crippen LogP) is 1.73. The molecule has 15 heavy (non-hydrogen) atoms. The van der Waals surface area contributed by atoms with Crippen LogP contribution in [0.4, 0.5) is 0 Å². The van der Waals surface area contributed by atoms with Crippen molar-refractivity contribution in [1.29, 1.82) is 0 Å². The van der Waals surface area contributed by atoms with Gasteiger partial charge in [0, 0.05) is 6.54 Å². The highest BCUT2D eigenvalue weighted by molar-refractivity contribution is 5.83. The van der Waals surface area contributed by atoms with Crippen LogP contribution in [0.1, 0.15) is 45.4 Å². The van der Waals surface area contributed by atoms with Crippen LogP contribution in [-0.4, -0.2) is 30.1 Å². The van der Waals surface area contributed by atoms with Gasteiger partial charge in [0.15, 0.2) is 0 Å². The number of hydrogen-bond acceptors (Lipinski definition) is 2. The third-order valence-electron chi connectivity index (χ3n) is 3.83. The molecule has 1 saturated carbocycles. The van der Waals surface area contributed by atoms with Crippen LogP contribution in [0.5, 0.6) is 0 Å². The number of rotatable bonds is 4. The lowest BCUT2D eigenvalue weighted by molar-refractivity contribution is -0.129. The third-order valence-corrected chi connectivity index (χ3v) is 3.83. The molecule has 3 heteroatoms. The molecular formula is C12H22N2O. The summed E-state index contributed by atoms with van der Waals surface area (Å²) in [6.45, 7) is 3.80. The zero-order chi connectivity index (χ0) is 10.7. The highest BCUT2D eigenvalue weighted by Crippen LogP contribution is 2.27. The maximum atomic E-state index is 11.8. The molecule has 1 N–H and O–H groups in total. The number of amides is 1. The van der Waals surface area contributed by atoms with Crippen molar-refractivity contribution >= 4 is 5.91 Å². The van der Waals surface area contributed by atoms with Gasteiger partial charge in [-0.15, -0.1) is 0 Å². The third kappa shape index (κ3) is 2.51. The van der Waals surface area contributed by atoms with Gasteiger partial charge in [-0.25, -0.2) is 0 Å². The van der Waals surface area contributed by atoms with Crippen LogP contribution in [0.3, 0.4) is 0 Å². The van der Waals surface area contributed by atoms with Crippen molar-refractivity contribution in [3.05, 3.63) is 0 Å². The van der Waals surface area contributed by atoms with E-state index in [1.54, 1.807) is 0 Å². The molecule has 1 aliphatic heterocycles. The van der Waals surface area contributed by atoms with Crippen molar-refractivity contribution in [2.24, 2.45) is 5.92 Å². The van der Waals surface area contributed by atoms with Crippen molar-refractivity contribution in [3.63, 3.8) is 0 Å². The monoisotopic (exact) mass is 210 g/mol. The van der Waals surface area contributed by atoms with E-state index in [0.717, 1.165) is 25.6 Å². The Morgan fingerprint density at radius 3 is 2.73 bits per heavy atom. The topological polar surface area (TPSA) is 32.3 Å². The largest absolute Gasteiger partial charge is 0.329 e. The number of carbonyl (C=O) groups is 1. The van der Waals surface area contributed by atoms with Crippen molar-refractivity contribution in [2.75, 3.05) is 13.2 Å². The summed E-state index contributed by atoms with van der Waals surface area (Å²) in [6.07, 6.45) is 7.69. The van der Waals surface area contributed by atoms with E-state index in [1.807, 2.05) is 4.90 Å². The smallest absolute Gasteiger partial charge is 0.240 e. The van der Waals surface area contributed by atoms with Crippen molar-refractivity contribution < 1.29 is 4.79 Å². The molecule has 0 aromatic heterocycles. The molecule has 0 aromatic rings. The van der Waals surface area contributed by atoms with Crippen molar-refractivity contribution in [3.8, 4) is 0 Å². The SMILES string of the molecule is CCC1NCN(CCC2CCCC2)C1=O. The molecule has 1 unspecified atom stereocenters. The van der Waals surface area contributed by atoms with Crippen LogP contribution in [-0.2, 0) is 4.79 Å². The van der Waals surface area contributed by atoms with E-state index in [2.05, 4.69) is 12.2 Å². The molecule has 1 saturated heterocycles. The Morgan fingerprint density at radius 2 is 2.13 bits per heavy atom. The van der Waals surface area contributed by atoms with Crippen LogP contribution >= 0.6 is 0 Å². The molecule has 1 amide bonds. The highest BCUT2D eigenvalue weighted by Gasteiger charge is 2.29. The van der Waals surface area contributed by atoms with Crippen molar-refractivity contribution in [1.82, 2.24) is 10.2 Å². The quantitative estimate of drug-likeness (QED) is 0.766. The van der Waals surface area contributed by atoms with Gasteiger partial charge in [0.2, 0.25) is 5.91 Å². The summed E-state index contributed by atoms with van der Waals surface area (Å²) in [6, 6.07) is 0.0913. The van der Waals surface area contributed by atoms with Gasteiger partial charge >= 0.3 is 0 Å². The average Bonchev–Trinajstić information content (AvgIpc) is 2.85. The van der Waals surface area contributed by atoms with E-state index in [0.29, 0.717) is 5.91 Å². The Bertz CT molecular complexity index is 224. The van der Waals surface area contributed by atoms with E-state index in [4.69, 9.17) is 0 Å². The summed E-state index contributed by atoms with van der Waals surface area (Å²) in [5, 5.41) is 3.26. The first kappa shape index (κ1) is 10.9. The van der Waals surface area contributed by atoms with Gasteiger partial charge in [-0.3, -0.25) is 10.1 Å². The number of hydrogen-bond donors (Lipinski definition) is 1. The Kier molecular flexibility index (Phi) is 3.62. The summed E-state index contributed by atoms with van der Waals surface area (Å²) in [4.78, 5) is 13.8. The second kappa shape index (κ2) is 4.97. The molecule has 1 heterocycles. The van der Waals surface area contributed by atoms with Crippen LogP contribution in [0, 0.1) is 5.92 Å². The Hall–Kier alpha value is -0.570. The highest BCUT2D eigenvalue weighted by atomic mass is 16.2. The van der Waals surface area contributed by atoms with E-state index in [9.17, 15) is 4.79 Å². The standard InChI is InChI=1S/C12H22N2O/c1-2-11-12(15)14(9-13-11)8-7-10-5-3-4-6-10/h10-11,13H,2-9H2,1H3. The summed E-state index contributed by atoms with van der Waals surface area (Å²) in [5.74, 6) is 1.20.